The fourth-order valence-corrected chi connectivity index (χ4v) is 2.28. The minimum Gasteiger partial charge on any atom is -0.462 e. The van der Waals surface area contributed by atoms with Crippen molar-refractivity contribution in [3.63, 3.8) is 0 Å². The van der Waals surface area contributed by atoms with Crippen molar-refractivity contribution < 1.29 is 14.3 Å². The van der Waals surface area contributed by atoms with Crippen LogP contribution in [-0.2, 0) is 14.3 Å². The van der Waals surface area contributed by atoms with Gasteiger partial charge in [-0.05, 0) is 20.3 Å². The molecule has 140 valence electrons. The van der Waals surface area contributed by atoms with Gasteiger partial charge in [-0.2, -0.15) is 0 Å². The summed E-state index contributed by atoms with van der Waals surface area (Å²) in [5, 5.41) is 10.3. The van der Waals surface area contributed by atoms with Gasteiger partial charge in [0.2, 0.25) is 5.91 Å². The smallest absolute Gasteiger partial charge is 0.325 e. The van der Waals surface area contributed by atoms with Gasteiger partial charge in [0.25, 0.3) is 0 Å². The molecule has 6 nitrogen and oxygen atoms in total. The Kier molecular flexibility index (Phi) is 12.9. The van der Waals surface area contributed by atoms with Gasteiger partial charge in [0, 0.05) is 13.5 Å². The molecule has 2 N–H and O–H groups in total. The molecule has 0 saturated heterocycles. The second-order valence-corrected chi connectivity index (χ2v) is 6.52. The van der Waals surface area contributed by atoms with Gasteiger partial charge >= 0.3 is 5.97 Å². The van der Waals surface area contributed by atoms with Crippen LogP contribution in [-0.4, -0.2) is 42.4 Å². The quantitative estimate of drug-likeness (QED) is 0.246. The molecule has 0 saturated carbocycles. The number of amides is 1. The highest BCUT2D eigenvalue weighted by atomic mass is 16.5. The largest absolute Gasteiger partial charge is 0.462 e. The molecule has 0 spiro atoms. The van der Waals surface area contributed by atoms with Crippen LogP contribution in [0.15, 0.2) is 0 Å². The van der Waals surface area contributed by atoms with Gasteiger partial charge in [-0.3, -0.25) is 20.3 Å². The summed E-state index contributed by atoms with van der Waals surface area (Å²) in [5.74, 6) is -0.648. The lowest BCUT2D eigenvalue weighted by Crippen LogP contribution is -2.44. The summed E-state index contributed by atoms with van der Waals surface area (Å²) < 4.78 is 5.01. The molecule has 0 bridgehead atoms. The summed E-state index contributed by atoms with van der Waals surface area (Å²) in [6.07, 6.45) is 9.67. The fourth-order valence-electron chi connectivity index (χ4n) is 2.28. The molecule has 1 amide bonds. The molecule has 0 aromatic rings. The Morgan fingerprint density at radius 1 is 1.04 bits per heavy atom. The molecular weight excluding hydrogens is 306 g/mol. The Balaban J connectivity index is 3.74. The SMILES string of the molecule is CCCCCCCCCCC(=O)NC(=N)N(C)CC(=O)OC(C)C. The average Bonchev–Trinajstić information content (AvgIpc) is 2.48. The number of carbonyl (C=O) groups is 2. The first-order chi connectivity index (χ1) is 11.4. The molecule has 0 radical (unpaired) electrons. The molecule has 0 atom stereocenters. The molecule has 0 aromatic heterocycles. The van der Waals surface area contributed by atoms with Crippen molar-refractivity contribution in [2.45, 2.75) is 84.7 Å². The van der Waals surface area contributed by atoms with Crippen molar-refractivity contribution in [3.05, 3.63) is 0 Å². The molecular formula is C18H35N3O3. The Morgan fingerprint density at radius 2 is 1.58 bits per heavy atom. The van der Waals surface area contributed by atoms with Gasteiger partial charge in [-0.1, -0.05) is 51.9 Å². The number of nitrogens with one attached hydrogen (secondary N) is 2. The molecule has 0 heterocycles. The normalized spacial score (nSPS) is 10.5. The maximum Gasteiger partial charge on any atom is 0.325 e. The number of unbranched alkanes of at least 4 members (excludes halogenated alkanes) is 7. The first-order valence-electron chi connectivity index (χ1n) is 9.15. The molecule has 0 aliphatic rings. The zero-order valence-corrected chi connectivity index (χ0v) is 15.8. The lowest BCUT2D eigenvalue weighted by Gasteiger charge is -2.20. The third-order valence-corrected chi connectivity index (χ3v) is 3.63. The average molecular weight is 341 g/mol. The highest BCUT2D eigenvalue weighted by Crippen LogP contribution is 2.09. The van der Waals surface area contributed by atoms with E-state index in [2.05, 4.69) is 12.2 Å². The van der Waals surface area contributed by atoms with E-state index in [1.807, 2.05) is 0 Å². The van der Waals surface area contributed by atoms with Crippen LogP contribution in [0.2, 0.25) is 0 Å². The zero-order valence-electron chi connectivity index (χ0n) is 15.8. The molecule has 0 rings (SSSR count). The lowest BCUT2D eigenvalue weighted by atomic mass is 10.1. The van der Waals surface area contributed by atoms with Crippen LogP contribution >= 0.6 is 0 Å². The number of hydrogen-bond donors (Lipinski definition) is 2. The molecule has 0 aromatic carbocycles. The molecule has 0 fully saturated rings. The van der Waals surface area contributed by atoms with E-state index < -0.39 is 5.97 Å². The van der Waals surface area contributed by atoms with Crippen molar-refractivity contribution in [2.75, 3.05) is 13.6 Å². The van der Waals surface area contributed by atoms with Crippen molar-refractivity contribution in [1.29, 1.82) is 5.41 Å². The first-order valence-corrected chi connectivity index (χ1v) is 9.15. The third kappa shape index (κ3) is 12.9. The van der Waals surface area contributed by atoms with Crippen molar-refractivity contribution in [2.24, 2.45) is 0 Å². The molecule has 24 heavy (non-hydrogen) atoms. The Morgan fingerprint density at radius 3 is 2.12 bits per heavy atom. The minimum absolute atomic E-state index is 0.0466. The Hall–Kier alpha value is -1.59. The lowest BCUT2D eigenvalue weighted by molar-refractivity contribution is -0.147. The molecule has 0 aliphatic carbocycles. The summed E-state index contributed by atoms with van der Waals surface area (Å²) in [5.41, 5.74) is 0. The minimum atomic E-state index is -0.408. The van der Waals surface area contributed by atoms with Gasteiger partial charge in [0.1, 0.15) is 6.54 Å². The first kappa shape index (κ1) is 22.4. The van der Waals surface area contributed by atoms with Gasteiger partial charge in [0.15, 0.2) is 5.96 Å². The predicted molar refractivity (Wildman–Crippen MR) is 97.0 cm³/mol. The maximum atomic E-state index is 11.8. The van der Waals surface area contributed by atoms with Crippen LogP contribution in [0.4, 0.5) is 0 Å². The standard InChI is InChI=1S/C18H35N3O3/c1-5-6-7-8-9-10-11-12-13-16(22)20-18(19)21(4)14-17(23)24-15(2)3/h15H,5-14H2,1-4H3,(H2,19,20,22). The summed E-state index contributed by atoms with van der Waals surface area (Å²) in [6.45, 7) is 5.71. The second kappa shape index (κ2) is 13.8. The van der Waals surface area contributed by atoms with Crippen LogP contribution in [0.3, 0.4) is 0 Å². The number of rotatable bonds is 12. The van der Waals surface area contributed by atoms with E-state index in [4.69, 9.17) is 10.1 Å². The van der Waals surface area contributed by atoms with Gasteiger partial charge in [-0.15, -0.1) is 0 Å². The summed E-state index contributed by atoms with van der Waals surface area (Å²) in [7, 11) is 1.58. The van der Waals surface area contributed by atoms with Crippen LogP contribution in [0, 0.1) is 5.41 Å². The number of ether oxygens (including phenoxy) is 1. The van der Waals surface area contributed by atoms with Gasteiger partial charge < -0.3 is 9.64 Å². The summed E-state index contributed by atoms with van der Waals surface area (Å²) in [6, 6.07) is 0. The van der Waals surface area contributed by atoms with E-state index in [0.29, 0.717) is 6.42 Å². The van der Waals surface area contributed by atoms with Gasteiger partial charge in [-0.25, -0.2) is 0 Å². The van der Waals surface area contributed by atoms with Crippen molar-refractivity contribution >= 4 is 17.8 Å². The maximum absolute atomic E-state index is 11.8. The van der Waals surface area contributed by atoms with E-state index in [1.165, 1.54) is 37.0 Å². The van der Waals surface area contributed by atoms with Crippen LogP contribution in [0.5, 0.6) is 0 Å². The summed E-state index contributed by atoms with van der Waals surface area (Å²) >= 11 is 0. The molecule has 6 heteroatoms. The Labute approximate surface area is 146 Å². The second-order valence-electron chi connectivity index (χ2n) is 6.52. The third-order valence-electron chi connectivity index (χ3n) is 3.63. The molecule has 0 aliphatic heterocycles. The monoisotopic (exact) mass is 341 g/mol. The number of guanidine groups is 1. The van der Waals surface area contributed by atoms with E-state index in [-0.39, 0.29) is 24.5 Å². The summed E-state index contributed by atoms with van der Waals surface area (Å²) in [4.78, 5) is 24.7. The van der Waals surface area contributed by atoms with E-state index in [1.54, 1.807) is 20.9 Å². The number of hydrogen-bond acceptors (Lipinski definition) is 4. The highest BCUT2D eigenvalue weighted by Gasteiger charge is 2.14. The number of likely N-dealkylation sites (N-methyl/N-ethyl adjacent to an activating group) is 1. The zero-order chi connectivity index (χ0) is 18.4. The van der Waals surface area contributed by atoms with Gasteiger partial charge in [0.05, 0.1) is 6.10 Å². The van der Waals surface area contributed by atoms with E-state index >= 15 is 0 Å². The Bertz CT molecular complexity index is 384. The topological polar surface area (TPSA) is 82.5 Å². The van der Waals surface area contributed by atoms with Crippen LogP contribution in [0.25, 0.3) is 0 Å². The predicted octanol–water partition coefficient (Wildman–Crippen LogP) is 3.45. The van der Waals surface area contributed by atoms with Crippen LogP contribution in [0.1, 0.15) is 78.6 Å². The number of nitrogens with zero attached hydrogens (tertiary/aromatic N) is 1. The number of carbonyl (C=O) groups excluding carboxylic acids is 2. The highest BCUT2D eigenvalue weighted by molar-refractivity contribution is 5.96. The van der Waals surface area contributed by atoms with E-state index in [0.717, 1.165) is 19.3 Å². The van der Waals surface area contributed by atoms with Crippen LogP contribution < -0.4 is 5.32 Å². The molecule has 0 unspecified atom stereocenters. The fraction of sp³-hybridized carbons (Fsp3) is 0.833. The van der Waals surface area contributed by atoms with E-state index in [9.17, 15) is 9.59 Å². The van der Waals surface area contributed by atoms with Crippen molar-refractivity contribution in [3.8, 4) is 0 Å². The van der Waals surface area contributed by atoms with Crippen molar-refractivity contribution in [1.82, 2.24) is 10.2 Å². The number of esters is 1.